The first-order valence-corrected chi connectivity index (χ1v) is 7.80. The summed E-state index contributed by atoms with van der Waals surface area (Å²) >= 11 is 0. The summed E-state index contributed by atoms with van der Waals surface area (Å²) in [6.07, 6.45) is 3.56. The standard InChI is InChI=1S/C13H14N3O4S.ClH/c17-16(18)13-6-4-12(5-7-13)14-21(19,20)11-10-15-8-2-1-3-9-15;/h1-9,14H,10-11H2;1H/q+1;/p-1. The highest BCUT2D eigenvalue weighted by Gasteiger charge is 2.14. The van der Waals surface area contributed by atoms with Crippen LogP contribution in [0.15, 0.2) is 54.9 Å². The number of nitrogens with zero attached hydrogens (tertiary/aromatic N) is 2. The minimum atomic E-state index is -3.51. The summed E-state index contributed by atoms with van der Waals surface area (Å²) < 4.78 is 28.0. The first kappa shape index (κ1) is 17.9. The summed E-state index contributed by atoms with van der Waals surface area (Å²) in [5.74, 6) is -0.0847. The van der Waals surface area contributed by atoms with Crippen LogP contribution in [0.4, 0.5) is 11.4 Å². The number of aryl methyl sites for hydroxylation is 1. The molecule has 0 unspecified atom stereocenters. The van der Waals surface area contributed by atoms with E-state index >= 15 is 0 Å². The van der Waals surface area contributed by atoms with Crippen molar-refractivity contribution < 1.29 is 30.3 Å². The Morgan fingerprint density at radius 2 is 1.68 bits per heavy atom. The molecule has 0 bridgehead atoms. The molecule has 2 aromatic rings. The van der Waals surface area contributed by atoms with E-state index in [1.165, 1.54) is 24.3 Å². The summed E-state index contributed by atoms with van der Waals surface area (Å²) in [5, 5.41) is 10.5. The third-order valence-electron chi connectivity index (χ3n) is 2.75. The Morgan fingerprint density at radius 1 is 1.09 bits per heavy atom. The number of nitro benzene ring substituents is 1. The normalized spacial score (nSPS) is 10.5. The molecule has 22 heavy (non-hydrogen) atoms. The average Bonchev–Trinajstić information content (AvgIpc) is 2.46. The first-order valence-electron chi connectivity index (χ1n) is 6.15. The van der Waals surface area contributed by atoms with Gasteiger partial charge in [0.25, 0.3) is 5.69 Å². The summed E-state index contributed by atoms with van der Waals surface area (Å²) in [4.78, 5) is 9.98. The van der Waals surface area contributed by atoms with E-state index < -0.39 is 14.9 Å². The van der Waals surface area contributed by atoms with Crippen LogP contribution in [0.25, 0.3) is 0 Å². The van der Waals surface area contributed by atoms with Gasteiger partial charge in [-0.25, -0.2) is 13.0 Å². The number of non-ortho nitro benzene ring substituents is 1. The number of hydrogen-bond acceptors (Lipinski definition) is 4. The van der Waals surface area contributed by atoms with Crippen LogP contribution in [0.2, 0.25) is 0 Å². The van der Waals surface area contributed by atoms with Gasteiger partial charge < -0.3 is 12.4 Å². The van der Waals surface area contributed by atoms with Crippen molar-refractivity contribution >= 4 is 21.4 Å². The molecule has 0 aliphatic carbocycles. The third kappa shape index (κ3) is 5.30. The van der Waals surface area contributed by atoms with Crippen molar-refractivity contribution in [3.63, 3.8) is 0 Å². The fourth-order valence-corrected chi connectivity index (χ4v) is 2.74. The first-order chi connectivity index (χ1) is 9.96. The highest BCUT2D eigenvalue weighted by Crippen LogP contribution is 2.16. The Labute approximate surface area is 134 Å². The summed E-state index contributed by atoms with van der Waals surface area (Å²) in [5.41, 5.74) is 0.219. The number of pyridine rings is 1. The average molecular weight is 344 g/mol. The van der Waals surface area contributed by atoms with Gasteiger partial charge in [0.05, 0.1) is 4.92 Å². The molecule has 0 radical (unpaired) electrons. The van der Waals surface area contributed by atoms with Crippen molar-refractivity contribution in [3.05, 3.63) is 65.0 Å². The second-order valence-corrected chi connectivity index (χ2v) is 6.18. The van der Waals surface area contributed by atoms with Crippen LogP contribution < -0.4 is 21.7 Å². The van der Waals surface area contributed by atoms with E-state index in [9.17, 15) is 18.5 Å². The zero-order valence-electron chi connectivity index (χ0n) is 11.4. The van der Waals surface area contributed by atoms with Crippen molar-refractivity contribution in [2.75, 3.05) is 10.5 Å². The molecule has 118 valence electrons. The number of nitro groups is 1. The fourth-order valence-electron chi connectivity index (χ4n) is 1.69. The van der Waals surface area contributed by atoms with Gasteiger partial charge in [0.1, 0.15) is 5.75 Å². The molecule has 0 amide bonds. The van der Waals surface area contributed by atoms with Crippen LogP contribution in [0.3, 0.4) is 0 Å². The van der Waals surface area contributed by atoms with Crippen LogP contribution in [-0.2, 0) is 16.6 Å². The van der Waals surface area contributed by atoms with E-state index in [1.54, 1.807) is 17.0 Å². The van der Waals surface area contributed by atoms with E-state index in [-0.39, 0.29) is 23.8 Å². The molecule has 1 heterocycles. The van der Waals surface area contributed by atoms with Gasteiger partial charge in [0.15, 0.2) is 18.9 Å². The zero-order valence-corrected chi connectivity index (χ0v) is 13.0. The van der Waals surface area contributed by atoms with Crippen LogP contribution >= 0.6 is 0 Å². The lowest BCUT2D eigenvalue weighted by Crippen LogP contribution is -3.00. The van der Waals surface area contributed by atoms with Gasteiger partial charge in [-0.2, -0.15) is 0 Å². The summed E-state index contributed by atoms with van der Waals surface area (Å²) in [7, 11) is -3.51. The smallest absolute Gasteiger partial charge is 0.269 e. The molecule has 0 spiro atoms. The van der Waals surface area contributed by atoms with E-state index in [2.05, 4.69) is 4.72 Å². The fraction of sp³-hybridized carbons (Fsp3) is 0.154. The number of rotatable bonds is 6. The Kier molecular flexibility index (Phi) is 6.26. The lowest BCUT2D eigenvalue weighted by molar-refractivity contribution is -0.692. The van der Waals surface area contributed by atoms with E-state index in [1.807, 2.05) is 18.2 Å². The predicted octanol–water partition coefficient (Wildman–Crippen LogP) is -1.67. The van der Waals surface area contributed by atoms with Gasteiger partial charge in [-0.05, 0) is 12.1 Å². The highest BCUT2D eigenvalue weighted by atomic mass is 35.5. The van der Waals surface area contributed by atoms with Gasteiger partial charge in [0, 0.05) is 30.0 Å². The van der Waals surface area contributed by atoms with Gasteiger partial charge >= 0.3 is 0 Å². The molecule has 9 heteroatoms. The number of halogens is 1. The van der Waals surface area contributed by atoms with Crippen LogP contribution in [-0.4, -0.2) is 19.1 Å². The minimum absolute atomic E-state index is 0. The number of benzene rings is 1. The molecule has 0 saturated carbocycles. The number of anilines is 1. The monoisotopic (exact) mass is 343 g/mol. The maximum Gasteiger partial charge on any atom is 0.269 e. The summed E-state index contributed by atoms with van der Waals surface area (Å²) in [6.45, 7) is 0.323. The predicted molar refractivity (Wildman–Crippen MR) is 77.1 cm³/mol. The number of aromatic nitrogens is 1. The highest BCUT2D eigenvalue weighted by molar-refractivity contribution is 7.92. The molecule has 2 rings (SSSR count). The van der Waals surface area contributed by atoms with Crippen molar-refractivity contribution in [1.29, 1.82) is 0 Å². The number of hydrogen-bond donors (Lipinski definition) is 1. The summed E-state index contributed by atoms with van der Waals surface area (Å²) in [6, 6.07) is 10.7. The molecule has 0 aliphatic rings. The molecular weight excluding hydrogens is 330 g/mol. The van der Waals surface area contributed by atoms with Gasteiger partial charge in [0.2, 0.25) is 10.0 Å². The Bertz CT molecular complexity index is 721. The molecule has 1 aromatic heterocycles. The topological polar surface area (TPSA) is 93.2 Å². The molecule has 0 atom stereocenters. The molecule has 7 nitrogen and oxygen atoms in total. The van der Waals surface area contributed by atoms with Gasteiger partial charge in [-0.1, -0.05) is 6.07 Å². The number of nitrogens with one attached hydrogen (secondary N) is 1. The maximum absolute atomic E-state index is 11.9. The van der Waals surface area contributed by atoms with Crippen LogP contribution in [0, 0.1) is 10.1 Å². The second-order valence-electron chi connectivity index (χ2n) is 4.34. The van der Waals surface area contributed by atoms with Crippen molar-refractivity contribution in [1.82, 2.24) is 0 Å². The van der Waals surface area contributed by atoms with Gasteiger partial charge in [-0.15, -0.1) is 0 Å². The Hall–Kier alpha value is -2.19. The molecule has 1 N–H and O–H groups in total. The lowest BCUT2D eigenvalue weighted by atomic mass is 10.3. The lowest BCUT2D eigenvalue weighted by Gasteiger charge is -2.06. The molecule has 0 fully saturated rings. The molecule has 1 aromatic carbocycles. The van der Waals surface area contributed by atoms with Crippen molar-refractivity contribution in [2.24, 2.45) is 0 Å². The molecular formula is C13H14ClN3O4S. The SMILES string of the molecule is O=[N+]([O-])c1ccc(NS(=O)(=O)CC[n+]2ccccc2)cc1.[Cl-]. The largest absolute Gasteiger partial charge is 1.00 e. The second kappa shape index (κ2) is 7.71. The zero-order chi connectivity index (χ0) is 15.3. The van der Waals surface area contributed by atoms with Crippen molar-refractivity contribution in [3.8, 4) is 0 Å². The van der Waals surface area contributed by atoms with E-state index in [4.69, 9.17) is 0 Å². The molecule has 0 saturated heterocycles. The quantitative estimate of drug-likeness (QED) is 0.385. The molecule has 0 aliphatic heterocycles. The maximum atomic E-state index is 11.9. The van der Waals surface area contributed by atoms with Crippen molar-refractivity contribution in [2.45, 2.75) is 6.54 Å². The van der Waals surface area contributed by atoms with Gasteiger partial charge in [-0.3, -0.25) is 14.8 Å². The van der Waals surface area contributed by atoms with Crippen LogP contribution in [0.1, 0.15) is 0 Å². The van der Waals surface area contributed by atoms with Crippen LogP contribution in [0.5, 0.6) is 0 Å². The van der Waals surface area contributed by atoms with E-state index in [0.29, 0.717) is 12.2 Å². The van der Waals surface area contributed by atoms with E-state index in [0.717, 1.165) is 0 Å². The third-order valence-corrected chi connectivity index (χ3v) is 4.01. The number of sulfonamides is 1. The Morgan fingerprint density at radius 3 is 2.23 bits per heavy atom. The Balaban J connectivity index is 0.00000242. The minimum Gasteiger partial charge on any atom is -1.00 e.